The van der Waals surface area contributed by atoms with Crippen LogP contribution in [0.5, 0.6) is 5.75 Å². The molecule has 0 saturated heterocycles. The zero-order chi connectivity index (χ0) is 19.5. The average Bonchev–Trinajstić information content (AvgIpc) is 3.45. The number of allylic oxidation sites excluding steroid dienone is 1. The molecule has 0 radical (unpaired) electrons. The van der Waals surface area contributed by atoms with E-state index in [1.54, 1.807) is 23.8 Å². The maximum Gasteiger partial charge on any atom is 0.315 e. The number of carbonyl (C=O) groups is 1. The van der Waals surface area contributed by atoms with Crippen LogP contribution in [0.15, 0.2) is 35.1 Å². The number of carboxylic acid groups (broad SMARTS) is 1. The number of aliphatic carboxylic acids is 1. The second-order valence-corrected chi connectivity index (χ2v) is 7.64. The molecule has 28 heavy (non-hydrogen) atoms. The van der Waals surface area contributed by atoms with E-state index in [4.69, 9.17) is 9.72 Å². The Labute approximate surface area is 161 Å². The van der Waals surface area contributed by atoms with Crippen molar-refractivity contribution >= 4 is 23.7 Å². The van der Waals surface area contributed by atoms with Gasteiger partial charge in [-0.1, -0.05) is 24.3 Å². The second-order valence-electron chi connectivity index (χ2n) is 7.64. The summed E-state index contributed by atoms with van der Waals surface area (Å²) in [6.45, 7) is 0. The normalized spacial score (nSPS) is 25.6. The highest BCUT2D eigenvalue weighted by atomic mass is 16.5. The molecule has 0 bridgehead atoms. The van der Waals surface area contributed by atoms with Crippen LogP contribution in [-0.2, 0) is 11.2 Å². The van der Waals surface area contributed by atoms with E-state index in [1.807, 2.05) is 30.3 Å². The van der Waals surface area contributed by atoms with Gasteiger partial charge in [0.1, 0.15) is 17.0 Å². The van der Waals surface area contributed by atoms with Crippen LogP contribution in [0.25, 0.3) is 17.7 Å². The first-order chi connectivity index (χ1) is 13.5. The molecule has 0 spiro atoms. The maximum absolute atomic E-state index is 13.2. The Morgan fingerprint density at radius 1 is 1.36 bits per heavy atom. The predicted molar refractivity (Wildman–Crippen MR) is 105 cm³/mol. The van der Waals surface area contributed by atoms with Crippen LogP contribution >= 0.6 is 0 Å². The number of rotatable bonds is 3. The van der Waals surface area contributed by atoms with Gasteiger partial charge in [0.25, 0.3) is 5.56 Å². The molecule has 1 aromatic heterocycles. The highest BCUT2D eigenvalue weighted by molar-refractivity contribution is 5.86. The average molecular weight is 376 g/mol. The molecule has 1 aliphatic heterocycles. The third kappa shape index (κ3) is 2.30. The van der Waals surface area contributed by atoms with E-state index < -0.39 is 11.4 Å². The lowest BCUT2D eigenvalue weighted by Crippen LogP contribution is -2.33. The van der Waals surface area contributed by atoms with Crippen LogP contribution in [0.4, 0.5) is 0 Å². The number of para-hydroxylation sites is 1. The minimum absolute atomic E-state index is 0.0944. The first kappa shape index (κ1) is 17.0. The number of ether oxygens (including phenoxy) is 1. The molecule has 2 unspecified atom stereocenters. The quantitative estimate of drug-likeness (QED) is 0.890. The van der Waals surface area contributed by atoms with Gasteiger partial charge in [0.15, 0.2) is 0 Å². The van der Waals surface area contributed by atoms with E-state index >= 15 is 0 Å². The summed E-state index contributed by atoms with van der Waals surface area (Å²) in [6, 6.07) is 7.45. The van der Waals surface area contributed by atoms with E-state index in [0.29, 0.717) is 24.2 Å². The number of hydrogen-bond donors (Lipinski definition) is 1. The van der Waals surface area contributed by atoms with Gasteiger partial charge in [-0.15, -0.1) is 0 Å². The Hall–Kier alpha value is -3.15. The van der Waals surface area contributed by atoms with Crippen LogP contribution in [-0.4, -0.2) is 27.7 Å². The van der Waals surface area contributed by atoms with Crippen LogP contribution in [0, 0.1) is 5.41 Å². The zero-order valence-electron chi connectivity index (χ0n) is 15.5. The number of nitrogens with zero attached hydrogens (tertiary/aromatic N) is 2. The number of hydrogen-bond acceptors (Lipinski definition) is 4. The summed E-state index contributed by atoms with van der Waals surface area (Å²) in [4.78, 5) is 29.7. The van der Waals surface area contributed by atoms with Crippen LogP contribution in [0.1, 0.15) is 47.9 Å². The standard InChI is InChI=1S/C22H20N2O4/c1-28-16-8-3-2-5-13(16)11-14-6-4-7-15-19(14)23-18-9-10-22(21(26)27)12-17(22)24(18)20(15)25/h2-3,5,8-11,17H,4,6-7,12H2,1H3,(H,26,27). The fourth-order valence-electron chi connectivity index (χ4n) is 4.47. The Morgan fingerprint density at radius 2 is 2.18 bits per heavy atom. The van der Waals surface area contributed by atoms with Crippen molar-refractivity contribution in [1.29, 1.82) is 0 Å². The van der Waals surface area contributed by atoms with E-state index in [1.165, 1.54) is 0 Å². The van der Waals surface area contributed by atoms with Crippen molar-refractivity contribution in [2.75, 3.05) is 7.11 Å². The maximum atomic E-state index is 13.2. The minimum Gasteiger partial charge on any atom is -0.496 e. The van der Waals surface area contributed by atoms with Gasteiger partial charge in [0, 0.05) is 11.1 Å². The Morgan fingerprint density at radius 3 is 2.96 bits per heavy atom. The molecule has 2 aromatic rings. The van der Waals surface area contributed by atoms with Crippen LogP contribution in [0.2, 0.25) is 0 Å². The monoisotopic (exact) mass is 376 g/mol. The Balaban J connectivity index is 1.65. The van der Waals surface area contributed by atoms with Crippen molar-refractivity contribution in [2.24, 2.45) is 5.41 Å². The van der Waals surface area contributed by atoms with Crippen molar-refractivity contribution in [1.82, 2.24) is 9.55 Å². The third-order valence-electron chi connectivity index (χ3n) is 6.09. The fourth-order valence-corrected chi connectivity index (χ4v) is 4.47. The smallest absolute Gasteiger partial charge is 0.315 e. The summed E-state index contributed by atoms with van der Waals surface area (Å²) in [5.41, 5.74) is 2.38. The molecule has 2 atom stereocenters. The number of fused-ring (bicyclic) bond motifs is 4. The van der Waals surface area contributed by atoms with Crippen molar-refractivity contribution in [3.63, 3.8) is 0 Å². The number of methoxy groups -OCH3 is 1. The summed E-state index contributed by atoms with van der Waals surface area (Å²) in [7, 11) is 1.64. The summed E-state index contributed by atoms with van der Waals surface area (Å²) in [5, 5.41) is 9.54. The molecule has 6 nitrogen and oxygen atoms in total. The molecule has 0 amide bonds. The lowest BCUT2D eigenvalue weighted by molar-refractivity contribution is -0.141. The zero-order valence-corrected chi connectivity index (χ0v) is 15.5. The second kappa shape index (κ2) is 5.92. The largest absolute Gasteiger partial charge is 0.496 e. The van der Waals surface area contributed by atoms with Gasteiger partial charge in [0.2, 0.25) is 0 Å². The molecule has 1 saturated carbocycles. The molecule has 2 aliphatic carbocycles. The van der Waals surface area contributed by atoms with Crippen LogP contribution < -0.4 is 10.3 Å². The first-order valence-electron chi connectivity index (χ1n) is 9.47. The van der Waals surface area contributed by atoms with Crippen molar-refractivity contribution in [2.45, 2.75) is 31.7 Å². The molecule has 2 heterocycles. The first-order valence-corrected chi connectivity index (χ1v) is 9.47. The summed E-state index contributed by atoms with van der Waals surface area (Å²) in [6.07, 6.45) is 8.26. The van der Waals surface area contributed by atoms with Crippen LogP contribution in [0.3, 0.4) is 0 Å². The van der Waals surface area contributed by atoms with E-state index in [-0.39, 0.29) is 11.6 Å². The molecule has 1 fully saturated rings. The number of benzene rings is 1. The summed E-state index contributed by atoms with van der Waals surface area (Å²) >= 11 is 0. The Bertz CT molecular complexity index is 1130. The van der Waals surface area contributed by atoms with Crippen molar-refractivity contribution in [3.8, 4) is 5.75 Å². The minimum atomic E-state index is -0.933. The number of carboxylic acids is 1. The highest BCUT2D eigenvalue weighted by Crippen LogP contribution is 2.59. The van der Waals surface area contributed by atoms with Gasteiger partial charge in [0.05, 0.1) is 18.8 Å². The molecule has 1 aromatic carbocycles. The van der Waals surface area contributed by atoms with Gasteiger partial charge >= 0.3 is 5.97 Å². The molecule has 1 N–H and O–H groups in total. The van der Waals surface area contributed by atoms with Gasteiger partial charge in [-0.2, -0.15) is 0 Å². The molecular formula is C22H20N2O4. The molecule has 5 rings (SSSR count). The lowest BCUT2D eigenvalue weighted by atomic mass is 9.90. The van der Waals surface area contributed by atoms with Gasteiger partial charge in [-0.3, -0.25) is 14.2 Å². The molecular weight excluding hydrogens is 356 g/mol. The topological polar surface area (TPSA) is 81.4 Å². The predicted octanol–water partition coefficient (Wildman–Crippen LogP) is 3.17. The molecule has 3 aliphatic rings. The molecule has 142 valence electrons. The molecule has 6 heteroatoms. The fraction of sp³-hybridized carbons (Fsp3) is 0.318. The lowest BCUT2D eigenvalue weighted by Gasteiger charge is -2.23. The van der Waals surface area contributed by atoms with Crippen molar-refractivity contribution in [3.05, 3.63) is 63.3 Å². The van der Waals surface area contributed by atoms with E-state index in [2.05, 4.69) is 0 Å². The Kier molecular flexibility index (Phi) is 3.59. The van der Waals surface area contributed by atoms with E-state index in [0.717, 1.165) is 35.4 Å². The highest BCUT2D eigenvalue weighted by Gasteiger charge is 2.62. The SMILES string of the molecule is COc1ccccc1C=C1CCCc2c1nc1n(c2=O)C2CC2(C(=O)O)C=C1. The number of aromatic nitrogens is 2. The van der Waals surface area contributed by atoms with Gasteiger partial charge in [-0.25, -0.2) is 4.98 Å². The third-order valence-corrected chi connectivity index (χ3v) is 6.09. The summed E-state index contributed by atoms with van der Waals surface area (Å²) in [5.74, 6) is 0.456. The van der Waals surface area contributed by atoms with Crippen molar-refractivity contribution < 1.29 is 14.6 Å². The van der Waals surface area contributed by atoms with Gasteiger partial charge in [-0.05, 0) is 49.5 Å². The van der Waals surface area contributed by atoms with E-state index in [9.17, 15) is 14.7 Å². The summed E-state index contributed by atoms with van der Waals surface area (Å²) < 4.78 is 7.04. The van der Waals surface area contributed by atoms with Gasteiger partial charge < -0.3 is 9.84 Å².